The van der Waals surface area contributed by atoms with Crippen LogP contribution in [-0.4, -0.2) is 4.57 Å². The van der Waals surface area contributed by atoms with Crippen LogP contribution < -0.4 is 4.90 Å². The second-order valence-electron chi connectivity index (χ2n) is 15.7. The summed E-state index contributed by atoms with van der Waals surface area (Å²) in [6, 6.07) is 84.0. The summed E-state index contributed by atoms with van der Waals surface area (Å²) in [4.78, 5) is 2.36. The molecule has 0 saturated carbocycles. The summed E-state index contributed by atoms with van der Waals surface area (Å²) >= 11 is 0. The standard InChI is InChI=1S/C58H38N2/c1-4-12-39(13-5-1)41-22-29-47(30-23-41)59(48-31-24-42(25-32-48)40-14-6-2-7-15-40)49-33-26-43(27-34-49)50-35-28-44-20-21-45-38-54-51-18-10-11-19-55(51)60(46-16-8-3-9-17-46)58(54)53-37-36-52(50)56(44)57(45)53/h1-38H. The van der Waals surface area contributed by atoms with Crippen LogP contribution in [0.4, 0.5) is 17.1 Å². The van der Waals surface area contributed by atoms with E-state index in [1.807, 2.05) is 0 Å². The molecule has 0 radical (unpaired) electrons. The Kier molecular flexibility index (Phi) is 7.89. The molecule has 0 amide bonds. The van der Waals surface area contributed by atoms with Crippen molar-refractivity contribution in [2.75, 3.05) is 4.90 Å². The molecule has 0 spiro atoms. The average molecular weight is 763 g/mol. The first-order chi connectivity index (χ1) is 29.8. The van der Waals surface area contributed by atoms with Crippen molar-refractivity contribution < 1.29 is 0 Å². The lowest BCUT2D eigenvalue weighted by Crippen LogP contribution is -2.09. The third-order valence-corrected chi connectivity index (χ3v) is 12.3. The first-order valence-corrected chi connectivity index (χ1v) is 20.7. The number of anilines is 3. The third kappa shape index (κ3) is 5.50. The van der Waals surface area contributed by atoms with Gasteiger partial charge in [-0.15, -0.1) is 0 Å². The summed E-state index contributed by atoms with van der Waals surface area (Å²) in [6.45, 7) is 0. The predicted molar refractivity (Wildman–Crippen MR) is 255 cm³/mol. The van der Waals surface area contributed by atoms with E-state index in [1.54, 1.807) is 0 Å². The van der Waals surface area contributed by atoms with Gasteiger partial charge in [-0.25, -0.2) is 0 Å². The number of aromatic nitrogens is 1. The minimum absolute atomic E-state index is 1.10. The highest BCUT2D eigenvalue weighted by Gasteiger charge is 2.20. The Morgan fingerprint density at radius 1 is 0.300 bits per heavy atom. The van der Waals surface area contributed by atoms with Crippen LogP contribution >= 0.6 is 0 Å². The van der Waals surface area contributed by atoms with Gasteiger partial charge in [0.25, 0.3) is 0 Å². The molecule has 1 aromatic heterocycles. The van der Waals surface area contributed by atoms with Gasteiger partial charge >= 0.3 is 0 Å². The van der Waals surface area contributed by atoms with Crippen LogP contribution in [0, 0.1) is 0 Å². The summed E-state index contributed by atoms with van der Waals surface area (Å²) in [6.07, 6.45) is 0. The lowest BCUT2D eigenvalue weighted by Gasteiger charge is -2.26. The zero-order valence-corrected chi connectivity index (χ0v) is 32.8. The largest absolute Gasteiger partial charge is 0.311 e. The van der Waals surface area contributed by atoms with Crippen LogP contribution in [-0.2, 0) is 0 Å². The van der Waals surface area contributed by atoms with Gasteiger partial charge in [0.15, 0.2) is 0 Å². The van der Waals surface area contributed by atoms with Crippen LogP contribution in [0.2, 0.25) is 0 Å². The SMILES string of the molecule is c1ccc(-c2ccc(N(c3ccc(-c4ccccc4)cc3)c3ccc(-c4ccc5ccc6cc7c8ccccc8n(-c8ccccc8)c7c7ccc4c5c67)cc3)cc2)cc1. The molecule has 60 heavy (non-hydrogen) atoms. The van der Waals surface area contributed by atoms with E-state index >= 15 is 0 Å². The summed E-state index contributed by atoms with van der Waals surface area (Å²) < 4.78 is 2.45. The second kappa shape index (κ2) is 13.9. The fourth-order valence-electron chi connectivity index (χ4n) is 9.53. The normalized spacial score (nSPS) is 11.7. The van der Waals surface area contributed by atoms with Crippen LogP contribution in [0.5, 0.6) is 0 Å². The molecule has 0 atom stereocenters. The lowest BCUT2D eigenvalue weighted by atomic mass is 9.89. The highest BCUT2D eigenvalue weighted by atomic mass is 15.1. The molecule has 2 nitrogen and oxygen atoms in total. The van der Waals surface area contributed by atoms with E-state index in [1.165, 1.54) is 93.2 Å². The van der Waals surface area contributed by atoms with Crippen LogP contribution in [0.3, 0.4) is 0 Å². The first kappa shape index (κ1) is 34.1. The Morgan fingerprint density at radius 2 is 0.767 bits per heavy atom. The Balaban J connectivity index is 0.988. The molecule has 1 heterocycles. The summed E-state index contributed by atoms with van der Waals surface area (Å²) in [5.41, 5.74) is 14.2. The summed E-state index contributed by atoms with van der Waals surface area (Å²) in [7, 11) is 0. The number of rotatable bonds is 7. The number of para-hydroxylation sites is 2. The predicted octanol–water partition coefficient (Wildman–Crippen LogP) is 16.2. The Bertz CT molecular complexity index is 3400. The molecule has 0 bridgehead atoms. The molecule has 280 valence electrons. The third-order valence-electron chi connectivity index (χ3n) is 12.3. The van der Waals surface area contributed by atoms with Gasteiger partial charge in [-0.2, -0.15) is 0 Å². The number of nitrogens with zero attached hydrogens (tertiary/aromatic N) is 2. The molecular formula is C58H38N2. The smallest absolute Gasteiger partial charge is 0.0620 e. The lowest BCUT2D eigenvalue weighted by molar-refractivity contribution is 1.19. The fourth-order valence-corrected chi connectivity index (χ4v) is 9.53. The maximum absolute atomic E-state index is 2.45. The highest BCUT2D eigenvalue weighted by Crippen LogP contribution is 2.45. The van der Waals surface area contributed by atoms with Crippen molar-refractivity contribution in [2.45, 2.75) is 0 Å². The van der Waals surface area contributed by atoms with Gasteiger partial charge in [0.1, 0.15) is 0 Å². The van der Waals surface area contributed by atoms with Gasteiger partial charge in [0.05, 0.1) is 11.0 Å². The molecular weight excluding hydrogens is 725 g/mol. The molecule has 0 N–H and O–H groups in total. The van der Waals surface area contributed by atoms with E-state index < -0.39 is 0 Å². The van der Waals surface area contributed by atoms with E-state index in [0.717, 1.165) is 17.1 Å². The van der Waals surface area contributed by atoms with Crippen LogP contribution in [0.25, 0.3) is 93.2 Å². The molecule has 0 saturated heterocycles. The highest BCUT2D eigenvalue weighted by molar-refractivity contribution is 6.32. The number of hydrogen-bond donors (Lipinski definition) is 0. The van der Waals surface area contributed by atoms with Gasteiger partial charge in [-0.3, -0.25) is 0 Å². The molecule has 2 heteroatoms. The van der Waals surface area contributed by atoms with Crippen molar-refractivity contribution in [3.05, 3.63) is 231 Å². The van der Waals surface area contributed by atoms with E-state index in [4.69, 9.17) is 0 Å². The van der Waals surface area contributed by atoms with E-state index in [0.29, 0.717) is 0 Å². The van der Waals surface area contributed by atoms with Gasteiger partial charge < -0.3 is 9.47 Å². The number of fused-ring (bicyclic) bond motifs is 4. The van der Waals surface area contributed by atoms with Crippen molar-refractivity contribution in [1.82, 2.24) is 4.57 Å². The topological polar surface area (TPSA) is 8.17 Å². The molecule has 12 rings (SSSR count). The number of hydrogen-bond acceptors (Lipinski definition) is 1. The van der Waals surface area contributed by atoms with Crippen molar-refractivity contribution >= 4 is 71.2 Å². The maximum Gasteiger partial charge on any atom is 0.0620 e. The maximum atomic E-state index is 2.45. The van der Waals surface area contributed by atoms with Gasteiger partial charge in [0, 0.05) is 38.9 Å². The monoisotopic (exact) mass is 762 g/mol. The Labute approximate surface area is 348 Å². The van der Waals surface area contributed by atoms with Gasteiger partial charge in [-0.05, 0) is 121 Å². The Morgan fingerprint density at radius 3 is 1.38 bits per heavy atom. The zero-order valence-electron chi connectivity index (χ0n) is 32.8. The average Bonchev–Trinajstić information content (AvgIpc) is 3.66. The zero-order chi connectivity index (χ0) is 39.6. The van der Waals surface area contributed by atoms with E-state index in [2.05, 4.69) is 240 Å². The Hall–Kier alpha value is -7.94. The quantitative estimate of drug-likeness (QED) is 0.147. The molecule has 0 aliphatic carbocycles. The van der Waals surface area contributed by atoms with Crippen molar-refractivity contribution in [3.63, 3.8) is 0 Å². The van der Waals surface area contributed by atoms with Gasteiger partial charge in [0.2, 0.25) is 0 Å². The molecule has 11 aromatic carbocycles. The van der Waals surface area contributed by atoms with Crippen molar-refractivity contribution in [1.29, 1.82) is 0 Å². The van der Waals surface area contributed by atoms with Gasteiger partial charge in [-0.1, -0.05) is 170 Å². The summed E-state index contributed by atoms with van der Waals surface area (Å²) in [5.74, 6) is 0. The van der Waals surface area contributed by atoms with Crippen molar-refractivity contribution in [2.24, 2.45) is 0 Å². The van der Waals surface area contributed by atoms with E-state index in [9.17, 15) is 0 Å². The molecule has 0 unspecified atom stereocenters. The number of benzene rings is 11. The van der Waals surface area contributed by atoms with Crippen LogP contribution in [0.15, 0.2) is 231 Å². The van der Waals surface area contributed by atoms with Crippen molar-refractivity contribution in [3.8, 4) is 39.1 Å². The fraction of sp³-hybridized carbons (Fsp3) is 0. The van der Waals surface area contributed by atoms with Crippen LogP contribution in [0.1, 0.15) is 0 Å². The molecule has 0 aliphatic rings. The second-order valence-corrected chi connectivity index (χ2v) is 15.7. The first-order valence-electron chi connectivity index (χ1n) is 20.7. The molecule has 12 aromatic rings. The minimum atomic E-state index is 1.10. The van der Waals surface area contributed by atoms with E-state index in [-0.39, 0.29) is 0 Å². The summed E-state index contributed by atoms with van der Waals surface area (Å²) in [5, 5.41) is 10.3. The molecule has 0 fully saturated rings. The molecule has 0 aliphatic heterocycles. The minimum Gasteiger partial charge on any atom is -0.311 e.